The number of nitro groups is 4. The van der Waals surface area contributed by atoms with Crippen molar-refractivity contribution in [1.29, 1.82) is 0 Å². The Balaban J connectivity index is 1.98. The van der Waals surface area contributed by atoms with Gasteiger partial charge in [-0.3, -0.25) is 0 Å². The van der Waals surface area contributed by atoms with Gasteiger partial charge in [0.2, 0.25) is 0 Å². The summed E-state index contributed by atoms with van der Waals surface area (Å²) in [6, 6.07) is 11.8. The van der Waals surface area contributed by atoms with Crippen LogP contribution in [0.4, 0.5) is 22.7 Å². The van der Waals surface area contributed by atoms with Crippen LogP contribution in [0.2, 0.25) is 0 Å². The Morgan fingerprint density at radius 2 is 1.00 bits per heavy atom. The number of non-ortho nitro benzene ring substituents is 2. The van der Waals surface area contributed by atoms with E-state index < -0.39 is 86.2 Å². The maximum atomic E-state index is 12.8. The molecule has 0 radical (unpaired) electrons. The van der Waals surface area contributed by atoms with Gasteiger partial charge < -0.3 is 0 Å². The Labute approximate surface area is 212 Å². The third kappa shape index (κ3) is 6.14. The summed E-state index contributed by atoms with van der Waals surface area (Å²) in [5, 5.41) is 44.7. The van der Waals surface area contributed by atoms with E-state index in [1.54, 1.807) is 6.07 Å². The summed E-state index contributed by atoms with van der Waals surface area (Å²) in [4.78, 5) is 66.4. The van der Waals surface area contributed by atoms with E-state index in [0.717, 1.165) is 24.3 Å². The Kier molecular flexibility index (Phi) is 7.97. The van der Waals surface area contributed by atoms with Crippen LogP contribution in [0.25, 0.3) is 0 Å². The summed E-state index contributed by atoms with van der Waals surface area (Å²) in [5.41, 5.74) is -4.49. The third-order valence-electron chi connectivity index (χ3n) is 4.41. The molecule has 3 aromatic rings. The number of halogens is 1. The van der Waals surface area contributed by atoms with Gasteiger partial charge in [-0.2, -0.15) is 0 Å². The zero-order valence-corrected chi connectivity index (χ0v) is 20.1. The average molecular weight is 626 g/mol. The molecule has 0 saturated carbocycles. The Morgan fingerprint density at radius 1 is 0.595 bits per heavy atom. The number of hydrogen-bond acceptors (Lipinski definition) is 12. The van der Waals surface area contributed by atoms with Crippen molar-refractivity contribution in [2.45, 2.75) is 0 Å². The number of rotatable bonds is 9. The molecule has 16 nitrogen and oxygen atoms in total. The van der Waals surface area contributed by atoms with E-state index in [2.05, 4.69) is 0 Å². The molecule has 0 amide bonds. The molecule has 0 fully saturated rings. The Morgan fingerprint density at radius 3 is 1.35 bits per heavy atom. The molecule has 37 heavy (non-hydrogen) atoms. The molecule has 0 saturated heterocycles. The molecule has 0 N–H and O–H groups in total. The van der Waals surface area contributed by atoms with Gasteiger partial charge in [0.05, 0.1) is 0 Å². The van der Waals surface area contributed by atoms with Crippen molar-refractivity contribution < 1.29 is 35.4 Å². The quantitative estimate of drug-likeness (QED) is 0.181. The summed E-state index contributed by atoms with van der Waals surface area (Å²) >= 11 is -3.85. The fourth-order valence-electron chi connectivity index (χ4n) is 2.75. The predicted molar refractivity (Wildman–Crippen MR) is 129 cm³/mol. The van der Waals surface area contributed by atoms with E-state index in [9.17, 15) is 50.0 Å². The number of benzene rings is 3. The van der Waals surface area contributed by atoms with Crippen LogP contribution in [0, 0.1) is 44.0 Å². The molecule has 0 aliphatic rings. The van der Waals surface area contributed by atoms with E-state index in [0.29, 0.717) is 12.1 Å². The normalized spacial score (nSPS) is 10.6. The fraction of sp³-hybridized carbons (Fsp3) is 0. The van der Waals surface area contributed by atoms with E-state index in [4.69, 9.17) is 6.13 Å². The first-order valence-corrected chi connectivity index (χ1v) is 12.4. The molecule has 17 heteroatoms. The molecule has 3 aromatic carbocycles. The van der Waals surface area contributed by atoms with Gasteiger partial charge >= 0.3 is 213 Å². The summed E-state index contributed by atoms with van der Waals surface area (Å²) in [6.45, 7) is 0. The van der Waals surface area contributed by atoms with Crippen LogP contribution < -0.4 is 0 Å². The van der Waals surface area contributed by atoms with Crippen LogP contribution in [0.3, 0.4) is 0 Å². The summed E-state index contributed by atoms with van der Waals surface area (Å²) in [5.74, 6) is -2.66. The molecular formula is C20H11IN4O12. The second-order valence-corrected chi connectivity index (χ2v) is 10.0. The van der Waals surface area contributed by atoms with Crippen LogP contribution in [-0.2, 0) is 6.13 Å². The maximum absolute atomic E-state index is 12.8. The molecule has 0 spiro atoms. The Bertz CT molecular complexity index is 1360. The number of carbonyl (C=O) groups is 2. The van der Waals surface area contributed by atoms with Gasteiger partial charge in [0, 0.05) is 0 Å². The van der Waals surface area contributed by atoms with Crippen LogP contribution in [0.1, 0.15) is 20.7 Å². The molecule has 0 atom stereocenters. The van der Waals surface area contributed by atoms with Crippen molar-refractivity contribution in [2.24, 2.45) is 0 Å². The molecule has 0 heterocycles. The van der Waals surface area contributed by atoms with Gasteiger partial charge in [-0.1, -0.05) is 0 Å². The van der Waals surface area contributed by atoms with Crippen molar-refractivity contribution in [3.05, 3.63) is 122 Å². The van der Waals surface area contributed by atoms with E-state index in [-0.39, 0.29) is 3.57 Å². The van der Waals surface area contributed by atoms with Gasteiger partial charge in [0.25, 0.3) is 0 Å². The van der Waals surface area contributed by atoms with Gasteiger partial charge in [-0.15, -0.1) is 0 Å². The Hall–Kier alpha value is -5.07. The van der Waals surface area contributed by atoms with E-state index >= 15 is 0 Å². The topological polar surface area (TPSA) is 225 Å². The second kappa shape index (κ2) is 11.1. The van der Waals surface area contributed by atoms with Gasteiger partial charge in [-0.25, -0.2) is 0 Å². The predicted octanol–water partition coefficient (Wildman–Crippen LogP) is 4.54. The van der Waals surface area contributed by atoms with Crippen LogP contribution in [0.5, 0.6) is 0 Å². The monoisotopic (exact) mass is 626 g/mol. The van der Waals surface area contributed by atoms with Crippen LogP contribution >= 0.6 is 20.6 Å². The summed E-state index contributed by atoms with van der Waals surface area (Å²) < 4.78 is 10.8. The fourth-order valence-corrected chi connectivity index (χ4v) is 5.55. The van der Waals surface area contributed by atoms with E-state index in [1.165, 1.54) is 24.3 Å². The van der Waals surface area contributed by atoms with Crippen molar-refractivity contribution >= 4 is 55.3 Å². The first-order chi connectivity index (χ1) is 17.5. The zero-order valence-electron chi connectivity index (χ0n) is 17.9. The van der Waals surface area contributed by atoms with Gasteiger partial charge in [0.15, 0.2) is 0 Å². The molecule has 0 aliphatic carbocycles. The van der Waals surface area contributed by atoms with Gasteiger partial charge in [-0.05, 0) is 0 Å². The average Bonchev–Trinajstić information content (AvgIpc) is 2.87. The number of nitrogens with zero attached hydrogens (tertiary/aromatic N) is 4. The van der Waals surface area contributed by atoms with Gasteiger partial charge in [0.1, 0.15) is 0 Å². The summed E-state index contributed by atoms with van der Waals surface area (Å²) in [6.07, 6.45) is 0. The number of hydrogen-bond donors (Lipinski definition) is 0. The van der Waals surface area contributed by atoms with Crippen molar-refractivity contribution in [1.82, 2.24) is 0 Å². The van der Waals surface area contributed by atoms with Crippen molar-refractivity contribution in [2.75, 3.05) is 0 Å². The molecule has 0 unspecified atom stereocenters. The number of nitro benzene ring substituents is 4. The second-order valence-electron chi connectivity index (χ2n) is 6.67. The SMILES string of the molecule is O=C(OI(OC(=O)c1ccc([N+](=O)[O-])cc1[N+](=O)[O-])c1ccccc1)c1ccc([N+](=O)[O-])cc1[N+](=O)[O-]. The van der Waals surface area contributed by atoms with Crippen LogP contribution in [0.15, 0.2) is 66.7 Å². The number of carbonyl (C=O) groups excluding carboxylic acids is 2. The molecule has 0 bridgehead atoms. The third-order valence-corrected chi connectivity index (χ3v) is 7.75. The van der Waals surface area contributed by atoms with Crippen molar-refractivity contribution in [3.8, 4) is 0 Å². The van der Waals surface area contributed by atoms with Crippen LogP contribution in [-0.4, -0.2) is 31.6 Å². The minimum absolute atomic E-state index is 0.197. The van der Waals surface area contributed by atoms with Crippen molar-refractivity contribution in [3.63, 3.8) is 0 Å². The standard InChI is InChI=1S/C20H11IN4O12/c26-19(15-8-6-13(22(28)29)10-17(15)24(32)33)36-21(12-4-2-1-3-5-12)37-20(27)16-9-7-14(23(30)31)11-18(16)25(34)35/h1-11H. The zero-order chi connectivity index (χ0) is 27.3. The molecular weight excluding hydrogens is 615 g/mol. The van der Waals surface area contributed by atoms with E-state index in [1.807, 2.05) is 0 Å². The molecule has 0 aromatic heterocycles. The molecule has 190 valence electrons. The first kappa shape index (κ1) is 26.5. The minimum atomic E-state index is -3.85. The molecule has 0 aliphatic heterocycles. The molecule has 3 rings (SSSR count). The summed E-state index contributed by atoms with van der Waals surface area (Å²) in [7, 11) is 0. The first-order valence-electron chi connectivity index (χ1n) is 9.56.